The monoisotopic (exact) mass is 444 g/mol. The maximum absolute atomic E-state index is 11.5. The van der Waals surface area contributed by atoms with E-state index >= 15 is 0 Å². The lowest BCUT2D eigenvalue weighted by molar-refractivity contribution is -0.160. The summed E-state index contributed by atoms with van der Waals surface area (Å²) in [4.78, 5) is 11.5. The van der Waals surface area contributed by atoms with Gasteiger partial charge in [-0.25, -0.2) is 0 Å². The molecule has 32 heavy (non-hydrogen) atoms. The van der Waals surface area contributed by atoms with Crippen molar-refractivity contribution in [1.29, 1.82) is 0 Å². The standard InChI is InChI=1S/C30H52O2/c1-19(2)20(3)8-9-21(4)26-12-13-27-25-11-10-23-18-24(32-22(5)31)14-16-29(23,6)28(25)15-17-30(26,27)7/h19-21,23-28H,8-18H2,1-7H3/t20-,21-,23+,24+,25+,26-,27+,28-,29+,30-/m1/s1. The lowest BCUT2D eigenvalue weighted by atomic mass is 9.44. The first-order valence-electron chi connectivity index (χ1n) is 14.2. The number of esters is 1. The molecule has 10 atom stereocenters. The lowest BCUT2D eigenvalue weighted by Crippen LogP contribution is -2.54. The molecule has 184 valence electrons. The number of rotatable bonds is 6. The van der Waals surface area contributed by atoms with Gasteiger partial charge in [0.25, 0.3) is 0 Å². The van der Waals surface area contributed by atoms with E-state index in [9.17, 15) is 4.79 Å². The molecule has 0 saturated heterocycles. The van der Waals surface area contributed by atoms with Crippen LogP contribution < -0.4 is 0 Å². The summed E-state index contributed by atoms with van der Waals surface area (Å²) >= 11 is 0. The van der Waals surface area contributed by atoms with E-state index in [0.717, 1.165) is 60.2 Å². The van der Waals surface area contributed by atoms with E-state index in [1.807, 2.05) is 0 Å². The van der Waals surface area contributed by atoms with E-state index in [4.69, 9.17) is 4.74 Å². The van der Waals surface area contributed by atoms with Crippen LogP contribution in [0.3, 0.4) is 0 Å². The van der Waals surface area contributed by atoms with Gasteiger partial charge in [0.2, 0.25) is 0 Å². The summed E-state index contributed by atoms with van der Waals surface area (Å²) in [5.74, 6) is 6.99. The van der Waals surface area contributed by atoms with Gasteiger partial charge >= 0.3 is 5.97 Å². The Bertz CT molecular complexity index is 670. The Morgan fingerprint density at radius 3 is 2.25 bits per heavy atom. The molecule has 0 aromatic rings. The number of carbonyl (C=O) groups is 1. The topological polar surface area (TPSA) is 26.3 Å². The molecule has 4 saturated carbocycles. The molecule has 2 nitrogen and oxygen atoms in total. The zero-order valence-electron chi connectivity index (χ0n) is 22.3. The van der Waals surface area contributed by atoms with Crippen LogP contribution in [0.25, 0.3) is 0 Å². The van der Waals surface area contributed by atoms with Gasteiger partial charge in [-0.1, -0.05) is 54.4 Å². The summed E-state index contributed by atoms with van der Waals surface area (Å²) in [5, 5.41) is 0. The summed E-state index contributed by atoms with van der Waals surface area (Å²) < 4.78 is 5.66. The van der Waals surface area contributed by atoms with Gasteiger partial charge < -0.3 is 4.74 Å². The van der Waals surface area contributed by atoms with Gasteiger partial charge in [0.15, 0.2) is 0 Å². The minimum atomic E-state index is -0.0883. The smallest absolute Gasteiger partial charge is 0.302 e. The summed E-state index contributed by atoms with van der Waals surface area (Å²) in [6.07, 6.45) is 15.2. The van der Waals surface area contributed by atoms with Crippen LogP contribution in [-0.4, -0.2) is 12.1 Å². The normalized spacial score (nSPS) is 45.5. The molecule has 4 aliphatic carbocycles. The molecule has 0 aromatic carbocycles. The average molecular weight is 445 g/mol. The third-order valence-electron chi connectivity index (χ3n) is 11.9. The molecule has 0 amide bonds. The van der Waals surface area contributed by atoms with Crippen molar-refractivity contribution in [3.05, 3.63) is 0 Å². The Kier molecular flexibility index (Phi) is 7.11. The summed E-state index contributed by atoms with van der Waals surface area (Å²) in [5.41, 5.74) is 1.07. The van der Waals surface area contributed by atoms with Crippen molar-refractivity contribution in [3.8, 4) is 0 Å². The Morgan fingerprint density at radius 1 is 0.875 bits per heavy atom. The van der Waals surface area contributed by atoms with Gasteiger partial charge in [-0.3, -0.25) is 4.79 Å². The van der Waals surface area contributed by atoms with Crippen molar-refractivity contribution in [3.63, 3.8) is 0 Å². The van der Waals surface area contributed by atoms with Gasteiger partial charge in [0.05, 0.1) is 0 Å². The first-order chi connectivity index (χ1) is 15.1. The zero-order chi connectivity index (χ0) is 23.3. The van der Waals surface area contributed by atoms with Crippen LogP contribution in [0.1, 0.15) is 119 Å². The Morgan fingerprint density at radius 2 is 1.56 bits per heavy atom. The first-order valence-corrected chi connectivity index (χ1v) is 14.2. The fraction of sp³-hybridized carbons (Fsp3) is 0.967. The molecule has 0 bridgehead atoms. The molecule has 0 aliphatic heterocycles. The zero-order valence-corrected chi connectivity index (χ0v) is 22.3. The minimum absolute atomic E-state index is 0.0883. The maximum Gasteiger partial charge on any atom is 0.302 e. The molecule has 4 aliphatic rings. The molecule has 0 radical (unpaired) electrons. The third kappa shape index (κ3) is 4.31. The highest BCUT2D eigenvalue weighted by Crippen LogP contribution is 2.68. The van der Waals surface area contributed by atoms with Crippen LogP contribution in [0, 0.1) is 58.2 Å². The van der Waals surface area contributed by atoms with Crippen LogP contribution in [0.2, 0.25) is 0 Å². The van der Waals surface area contributed by atoms with Gasteiger partial charge in [-0.15, -0.1) is 0 Å². The molecular formula is C30H52O2. The Labute approximate surface area is 199 Å². The molecule has 0 spiro atoms. The fourth-order valence-corrected chi connectivity index (χ4v) is 9.60. The van der Waals surface area contributed by atoms with Crippen molar-refractivity contribution in [2.45, 2.75) is 125 Å². The van der Waals surface area contributed by atoms with Gasteiger partial charge in [0, 0.05) is 6.92 Å². The van der Waals surface area contributed by atoms with E-state index in [0.29, 0.717) is 10.8 Å². The van der Waals surface area contributed by atoms with E-state index < -0.39 is 0 Å². The molecule has 0 heterocycles. The van der Waals surface area contributed by atoms with E-state index in [2.05, 4.69) is 41.5 Å². The summed E-state index contributed by atoms with van der Waals surface area (Å²) in [6, 6.07) is 0. The van der Waals surface area contributed by atoms with Gasteiger partial charge in [-0.2, -0.15) is 0 Å². The molecule has 4 rings (SSSR count). The van der Waals surface area contributed by atoms with Crippen LogP contribution in [0.15, 0.2) is 0 Å². The highest BCUT2D eigenvalue weighted by Gasteiger charge is 2.60. The molecule has 0 N–H and O–H groups in total. The fourth-order valence-electron chi connectivity index (χ4n) is 9.60. The van der Waals surface area contributed by atoms with Crippen molar-refractivity contribution < 1.29 is 9.53 Å². The highest BCUT2D eigenvalue weighted by atomic mass is 16.5. The second-order valence-electron chi connectivity index (χ2n) is 13.7. The minimum Gasteiger partial charge on any atom is -0.463 e. The predicted octanol–water partition coefficient (Wildman–Crippen LogP) is 8.29. The largest absolute Gasteiger partial charge is 0.463 e. The van der Waals surface area contributed by atoms with Crippen LogP contribution in [-0.2, 0) is 9.53 Å². The molecule has 0 unspecified atom stereocenters. The quantitative estimate of drug-likeness (QED) is 0.385. The van der Waals surface area contributed by atoms with E-state index in [1.54, 1.807) is 6.92 Å². The molecule has 2 heteroatoms. The van der Waals surface area contributed by atoms with Crippen LogP contribution >= 0.6 is 0 Å². The van der Waals surface area contributed by atoms with Crippen LogP contribution in [0.5, 0.6) is 0 Å². The summed E-state index contributed by atoms with van der Waals surface area (Å²) in [6.45, 7) is 16.7. The van der Waals surface area contributed by atoms with Crippen molar-refractivity contribution in [1.82, 2.24) is 0 Å². The second kappa shape index (κ2) is 9.26. The number of ether oxygens (including phenoxy) is 1. The predicted molar refractivity (Wildman–Crippen MR) is 133 cm³/mol. The SMILES string of the molecule is CC(=O)O[C@H]1CC[C@@]2(C)[C@@H](CC[C@@H]3[C@H]2CC[C@]2(C)[C@@H]([C@H](C)CC[C@@H](C)C(C)C)CC[C@@H]32)C1. The van der Waals surface area contributed by atoms with Crippen molar-refractivity contribution in [2.75, 3.05) is 0 Å². The third-order valence-corrected chi connectivity index (χ3v) is 11.9. The van der Waals surface area contributed by atoms with Crippen molar-refractivity contribution >= 4 is 5.97 Å². The van der Waals surface area contributed by atoms with Gasteiger partial charge in [0.1, 0.15) is 6.10 Å². The van der Waals surface area contributed by atoms with Crippen LogP contribution in [0.4, 0.5) is 0 Å². The number of fused-ring (bicyclic) bond motifs is 5. The second-order valence-corrected chi connectivity index (χ2v) is 13.7. The Balaban J connectivity index is 1.43. The Hall–Kier alpha value is -0.530. The number of hydrogen-bond donors (Lipinski definition) is 0. The maximum atomic E-state index is 11.5. The molecule has 0 aromatic heterocycles. The number of carbonyl (C=O) groups excluding carboxylic acids is 1. The summed E-state index contributed by atoms with van der Waals surface area (Å²) in [7, 11) is 0. The number of hydrogen-bond acceptors (Lipinski definition) is 2. The van der Waals surface area contributed by atoms with E-state index in [1.165, 1.54) is 57.8 Å². The average Bonchev–Trinajstić information content (AvgIpc) is 3.08. The molecular weight excluding hydrogens is 392 g/mol. The first kappa shape index (κ1) is 24.6. The lowest BCUT2D eigenvalue weighted by Gasteiger charge is -2.61. The van der Waals surface area contributed by atoms with Gasteiger partial charge in [-0.05, 0) is 116 Å². The highest BCUT2D eigenvalue weighted by molar-refractivity contribution is 5.66. The van der Waals surface area contributed by atoms with Crippen molar-refractivity contribution in [2.24, 2.45) is 58.2 Å². The van der Waals surface area contributed by atoms with E-state index in [-0.39, 0.29) is 12.1 Å². The molecule has 4 fully saturated rings.